The fraction of sp³-hybridized carbons (Fsp3) is 0.556. The van der Waals surface area contributed by atoms with Gasteiger partial charge in [-0.15, -0.1) is 0 Å². The second-order valence-corrected chi connectivity index (χ2v) is 8.35. The summed E-state index contributed by atoms with van der Waals surface area (Å²) in [5.41, 5.74) is 0.825. The predicted octanol–water partition coefficient (Wildman–Crippen LogP) is 1.82. The van der Waals surface area contributed by atoms with Crippen LogP contribution in [0.15, 0.2) is 29.2 Å². The van der Waals surface area contributed by atoms with E-state index >= 15 is 0 Å². The van der Waals surface area contributed by atoms with Crippen LogP contribution < -0.4 is 10.0 Å². The summed E-state index contributed by atoms with van der Waals surface area (Å²) in [6.45, 7) is 1.96. The number of sulfonamides is 1. The molecule has 0 aliphatic heterocycles. The quantitative estimate of drug-likeness (QED) is 0.540. The van der Waals surface area contributed by atoms with Crippen LogP contribution in [0.2, 0.25) is 0 Å². The third-order valence-corrected chi connectivity index (χ3v) is 5.79. The van der Waals surface area contributed by atoms with Crippen molar-refractivity contribution in [1.29, 1.82) is 0 Å². The average molecular weight is 382 g/mol. The number of hydrogen-bond acceptors (Lipinski definition) is 4. The molecule has 7 nitrogen and oxygen atoms in total. The largest absolute Gasteiger partial charge is 0.480 e. The number of carbonyl (C=O) groups excluding carboxylic acids is 1. The Morgan fingerprint density at radius 3 is 2.42 bits per heavy atom. The Hall–Kier alpha value is -1.93. The van der Waals surface area contributed by atoms with Crippen molar-refractivity contribution in [3.05, 3.63) is 29.8 Å². The summed E-state index contributed by atoms with van der Waals surface area (Å²) in [6.07, 6.45) is 4.35. The van der Waals surface area contributed by atoms with E-state index in [0.717, 1.165) is 31.2 Å². The van der Waals surface area contributed by atoms with E-state index in [4.69, 9.17) is 5.11 Å². The highest BCUT2D eigenvalue weighted by atomic mass is 32.2. The average Bonchev–Trinajstić information content (AvgIpc) is 3.40. The topological polar surface area (TPSA) is 113 Å². The first-order chi connectivity index (χ1) is 12.3. The maximum Gasteiger partial charge on any atom is 0.326 e. The lowest BCUT2D eigenvalue weighted by molar-refractivity contribution is -0.142. The molecule has 0 radical (unpaired) electrons. The van der Waals surface area contributed by atoms with E-state index in [9.17, 15) is 18.0 Å². The lowest BCUT2D eigenvalue weighted by Gasteiger charge is -2.14. The number of carboxylic acids is 1. The monoisotopic (exact) mass is 382 g/mol. The van der Waals surface area contributed by atoms with Gasteiger partial charge in [-0.1, -0.05) is 31.9 Å². The highest BCUT2D eigenvalue weighted by Crippen LogP contribution is 2.22. The normalized spacial score (nSPS) is 15.4. The number of nitrogens with one attached hydrogen (secondary N) is 2. The molecular formula is C18H26N2O5S. The van der Waals surface area contributed by atoms with E-state index in [1.54, 1.807) is 12.1 Å². The Morgan fingerprint density at radius 2 is 1.88 bits per heavy atom. The molecule has 3 N–H and O–H groups in total. The number of aliphatic carboxylic acids is 1. The summed E-state index contributed by atoms with van der Waals surface area (Å²) < 4.78 is 26.8. The van der Waals surface area contributed by atoms with Crippen molar-refractivity contribution in [2.24, 2.45) is 0 Å². The van der Waals surface area contributed by atoms with Crippen LogP contribution in [0, 0.1) is 0 Å². The molecule has 26 heavy (non-hydrogen) atoms. The van der Waals surface area contributed by atoms with Crippen LogP contribution >= 0.6 is 0 Å². The molecule has 1 aliphatic carbocycles. The van der Waals surface area contributed by atoms with Crippen molar-refractivity contribution in [2.75, 3.05) is 0 Å². The maximum atomic E-state index is 12.1. The minimum atomic E-state index is -3.47. The van der Waals surface area contributed by atoms with E-state index in [1.807, 2.05) is 6.92 Å². The van der Waals surface area contributed by atoms with E-state index in [-0.39, 0.29) is 23.3 Å². The van der Waals surface area contributed by atoms with Gasteiger partial charge in [-0.05, 0) is 43.4 Å². The molecule has 0 spiro atoms. The first-order valence-corrected chi connectivity index (χ1v) is 10.4. The van der Waals surface area contributed by atoms with Gasteiger partial charge in [0.1, 0.15) is 6.04 Å². The summed E-state index contributed by atoms with van der Waals surface area (Å²) in [6, 6.07) is 5.61. The molecule has 0 heterocycles. The van der Waals surface area contributed by atoms with Crippen molar-refractivity contribution in [3.8, 4) is 0 Å². The van der Waals surface area contributed by atoms with E-state index in [1.165, 1.54) is 12.1 Å². The van der Waals surface area contributed by atoms with Crippen molar-refractivity contribution < 1.29 is 23.1 Å². The Labute approximate surface area is 154 Å². The third kappa shape index (κ3) is 6.42. The fourth-order valence-corrected chi connectivity index (χ4v) is 3.82. The van der Waals surface area contributed by atoms with Crippen LogP contribution in [0.3, 0.4) is 0 Å². The summed E-state index contributed by atoms with van der Waals surface area (Å²) in [5.74, 6) is -1.34. The fourth-order valence-electron chi connectivity index (χ4n) is 2.51. The zero-order chi connectivity index (χ0) is 19.2. The van der Waals surface area contributed by atoms with Gasteiger partial charge in [-0.3, -0.25) is 4.79 Å². The van der Waals surface area contributed by atoms with Crippen LogP contribution in [-0.2, 0) is 26.0 Å². The molecule has 2 rings (SSSR count). The molecule has 1 amide bonds. The van der Waals surface area contributed by atoms with Gasteiger partial charge in [0.05, 0.1) is 4.90 Å². The number of aryl methyl sites for hydroxylation is 1. The molecule has 8 heteroatoms. The molecule has 1 fully saturated rings. The zero-order valence-corrected chi connectivity index (χ0v) is 15.7. The van der Waals surface area contributed by atoms with Crippen molar-refractivity contribution in [3.63, 3.8) is 0 Å². The third-order valence-electron chi connectivity index (χ3n) is 4.25. The first kappa shape index (κ1) is 20.4. The Morgan fingerprint density at radius 1 is 1.23 bits per heavy atom. The molecule has 1 aromatic rings. The smallest absolute Gasteiger partial charge is 0.326 e. The van der Waals surface area contributed by atoms with Crippen molar-refractivity contribution >= 4 is 21.9 Å². The molecule has 0 aromatic heterocycles. The summed E-state index contributed by atoms with van der Waals surface area (Å²) in [4.78, 5) is 23.3. The van der Waals surface area contributed by atoms with Crippen LogP contribution in [0.25, 0.3) is 0 Å². The Balaban J connectivity index is 1.84. The molecule has 0 bridgehead atoms. The molecule has 1 aliphatic rings. The molecule has 1 aromatic carbocycles. The zero-order valence-electron chi connectivity index (χ0n) is 14.9. The SMILES string of the molecule is CCCCC(NC(=O)CCc1ccc(S(=O)(=O)NC2CC2)cc1)C(=O)O. The van der Waals surface area contributed by atoms with Gasteiger partial charge in [0.2, 0.25) is 15.9 Å². The number of rotatable bonds is 11. The second-order valence-electron chi connectivity index (χ2n) is 6.64. The van der Waals surface area contributed by atoms with Gasteiger partial charge >= 0.3 is 5.97 Å². The van der Waals surface area contributed by atoms with Gasteiger partial charge in [0.15, 0.2) is 0 Å². The standard InChI is InChI=1S/C18H26N2O5S/c1-2-3-4-16(18(22)23)19-17(21)12-7-13-5-10-15(11-6-13)26(24,25)20-14-8-9-14/h5-6,10-11,14,16,20H,2-4,7-9,12H2,1H3,(H,19,21)(H,22,23). The maximum absolute atomic E-state index is 12.1. The molecule has 1 atom stereocenters. The number of benzene rings is 1. The summed E-state index contributed by atoms with van der Waals surface area (Å²) >= 11 is 0. The minimum Gasteiger partial charge on any atom is -0.480 e. The van der Waals surface area contributed by atoms with Crippen molar-refractivity contribution in [2.45, 2.75) is 68.8 Å². The van der Waals surface area contributed by atoms with Crippen LogP contribution in [0.5, 0.6) is 0 Å². The molecule has 1 unspecified atom stereocenters. The highest BCUT2D eigenvalue weighted by molar-refractivity contribution is 7.89. The van der Waals surface area contributed by atoms with E-state index < -0.39 is 22.0 Å². The Kier molecular flexibility index (Phi) is 7.16. The molecular weight excluding hydrogens is 356 g/mol. The van der Waals surface area contributed by atoms with Crippen LogP contribution in [0.4, 0.5) is 0 Å². The van der Waals surface area contributed by atoms with Gasteiger partial charge in [0, 0.05) is 12.5 Å². The molecule has 0 saturated heterocycles. The second kappa shape index (κ2) is 9.14. The summed E-state index contributed by atoms with van der Waals surface area (Å²) in [7, 11) is -3.47. The Bertz CT molecular complexity index is 726. The number of carbonyl (C=O) groups is 2. The van der Waals surface area contributed by atoms with E-state index in [0.29, 0.717) is 12.8 Å². The predicted molar refractivity (Wildman–Crippen MR) is 97.2 cm³/mol. The van der Waals surface area contributed by atoms with Gasteiger partial charge in [-0.2, -0.15) is 0 Å². The summed E-state index contributed by atoms with van der Waals surface area (Å²) in [5, 5.41) is 11.7. The van der Waals surface area contributed by atoms with Crippen molar-refractivity contribution in [1.82, 2.24) is 10.0 Å². The van der Waals surface area contributed by atoms with Gasteiger partial charge < -0.3 is 10.4 Å². The molecule has 1 saturated carbocycles. The lowest BCUT2D eigenvalue weighted by Crippen LogP contribution is -2.40. The highest BCUT2D eigenvalue weighted by Gasteiger charge is 2.27. The number of carboxylic acid groups (broad SMARTS) is 1. The molecule has 144 valence electrons. The number of unbranched alkanes of at least 4 members (excludes halogenated alkanes) is 1. The number of hydrogen-bond donors (Lipinski definition) is 3. The number of amides is 1. The first-order valence-electron chi connectivity index (χ1n) is 8.95. The lowest BCUT2D eigenvalue weighted by atomic mass is 10.1. The van der Waals surface area contributed by atoms with Crippen LogP contribution in [0.1, 0.15) is 51.0 Å². The van der Waals surface area contributed by atoms with E-state index in [2.05, 4.69) is 10.0 Å². The van der Waals surface area contributed by atoms with Gasteiger partial charge in [-0.25, -0.2) is 17.9 Å². The minimum absolute atomic E-state index is 0.0539. The van der Waals surface area contributed by atoms with Crippen LogP contribution in [-0.4, -0.2) is 37.5 Å². The van der Waals surface area contributed by atoms with Gasteiger partial charge in [0.25, 0.3) is 0 Å².